The molecule has 172 valence electrons. The number of carbonyl (C=O) groups is 1. The van der Waals surface area contributed by atoms with Gasteiger partial charge in [0.05, 0.1) is 46.2 Å². The Labute approximate surface area is 193 Å². The van der Waals surface area contributed by atoms with Crippen LogP contribution < -0.4 is 19.5 Å². The average Bonchev–Trinajstić information content (AvgIpc) is 3.07. The van der Waals surface area contributed by atoms with E-state index in [-0.39, 0.29) is 6.03 Å². The van der Waals surface area contributed by atoms with Crippen molar-refractivity contribution in [1.29, 1.82) is 0 Å². The molecule has 0 atom stereocenters. The van der Waals surface area contributed by atoms with Gasteiger partial charge in [-0.2, -0.15) is 0 Å². The van der Waals surface area contributed by atoms with Crippen molar-refractivity contribution in [2.45, 2.75) is 19.8 Å². The maximum absolute atomic E-state index is 13.0. The maximum Gasteiger partial charge on any atom is 0.322 e. The molecule has 7 nitrogen and oxygen atoms in total. The molecule has 0 unspecified atom stereocenters. The Balaban J connectivity index is 1.42. The van der Waals surface area contributed by atoms with Crippen LogP contribution in [0.1, 0.15) is 16.7 Å². The number of urea groups is 1. The second-order valence-corrected chi connectivity index (χ2v) is 7.69. The Morgan fingerprint density at radius 1 is 0.970 bits per heavy atom. The molecule has 3 aromatic carbocycles. The van der Waals surface area contributed by atoms with E-state index in [9.17, 15) is 4.79 Å². The Bertz CT molecular complexity index is 1090. The molecule has 0 aromatic heterocycles. The minimum Gasteiger partial charge on any atom is -0.497 e. The number of methoxy groups -OCH3 is 2. The fourth-order valence-corrected chi connectivity index (χ4v) is 3.68. The lowest BCUT2D eigenvalue weighted by Crippen LogP contribution is -2.36. The fourth-order valence-electron chi connectivity index (χ4n) is 3.68. The molecule has 1 aliphatic heterocycles. The number of fused-ring (bicyclic) bond motifs is 1. The Kier molecular flexibility index (Phi) is 7.32. The second-order valence-electron chi connectivity index (χ2n) is 7.69. The lowest BCUT2D eigenvalue weighted by Gasteiger charge is -2.21. The molecule has 0 aliphatic carbocycles. The number of benzene rings is 3. The van der Waals surface area contributed by atoms with E-state index < -0.39 is 0 Å². The van der Waals surface area contributed by atoms with Crippen LogP contribution in [0.4, 0.5) is 10.5 Å². The number of hydrogen-bond acceptors (Lipinski definition) is 5. The van der Waals surface area contributed by atoms with Crippen LogP contribution in [-0.2, 0) is 24.5 Å². The molecule has 33 heavy (non-hydrogen) atoms. The number of ether oxygens (including phenoxy) is 4. The lowest BCUT2D eigenvalue weighted by atomic mass is 10.1. The average molecular weight is 449 g/mol. The molecular weight excluding hydrogens is 420 g/mol. The number of carbonyl (C=O) groups excluding carboxylic acids is 1. The SMILES string of the molecule is COc1ccc(OC)c(NC(=O)N2CCOc3ccc(COCc4ccccc4)cc3C2)c1. The first-order valence-corrected chi connectivity index (χ1v) is 10.8. The third kappa shape index (κ3) is 5.75. The highest BCUT2D eigenvalue weighted by Gasteiger charge is 2.21. The van der Waals surface area contributed by atoms with Gasteiger partial charge in [-0.25, -0.2) is 4.79 Å². The van der Waals surface area contributed by atoms with Crippen LogP contribution in [0.15, 0.2) is 66.7 Å². The molecule has 0 saturated carbocycles. The first-order chi connectivity index (χ1) is 16.2. The highest BCUT2D eigenvalue weighted by Crippen LogP contribution is 2.30. The van der Waals surface area contributed by atoms with Gasteiger partial charge in [-0.1, -0.05) is 36.4 Å². The van der Waals surface area contributed by atoms with Crippen LogP contribution >= 0.6 is 0 Å². The normalized spacial score (nSPS) is 12.8. The van der Waals surface area contributed by atoms with Gasteiger partial charge in [0.1, 0.15) is 23.9 Å². The zero-order chi connectivity index (χ0) is 23.0. The molecule has 0 bridgehead atoms. The summed E-state index contributed by atoms with van der Waals surface area (Å²) in [5.41, 5.74) is 3.66. The quantitative estimate of drug-likeness (QED) is 0.560. The van der Waals surface area contributed by atoms with E-state index in [1.807, 2.05) is 48.5 Å². The summed E-state index contributed by atoms with van der Waals surface area (Å²) in [4.78, 5) is 14.8. The van der Waals surface area contributed by atoms with Gasteiger partial charge in [-0.05, 0) is 35.4 Å². The van der Waals surface area contributed by atoms with Gasteiger partial charge < -0.3 is 29.2 Å². The van der Waals surface area contributed by atoms with E-state index in [0.717, 1.165) is 22.4 Å². The summed E-state index contributed by atoms with van der Waals surface area (Å²) in [6.07, 6.45) is 0. The van der Waals surface area contributed by atoms with Crippen LogP contribution in [-0.4, -0.2) is 38.3 Å². The molecule has 4 rings (SSSR count). The molecular formula is C26H28N2O5. The first-order valence-electron chi connectivity index (χ1n) is 10.8. The smallest absolute Gasteiger partial charge is 0.322 e. The molecule has 0 spiro atoms. The molecule has 0 saturated heterocycles. The van der Waals surface area contributed by atoms with Crippen LogP contribution in [0.3, 0.4) is 0 Å². The van der Waals surface area contributed by atoms with E-state index in [0.29, 0.717) is 50.1 Å². The molecule has 2 amide bonds. The fraction of sp³-hybridized carbons (Fsp3) is 0.269. The van der Waals surface area contributed by atoms with Crippen molar-refractivity contribution < 1.29 is 23.7 Å². The molecule has 1 N–H and O–H groups in total. The third-order valence-corrected chi connectivity index (χ3v) is 5.42. The summed E-state index contributed by atoms with van der Waals surface area (Å²) in [6, 6.07) is 21.1. The van der Waals surface area contributed by atoms with E-state index in [1.54, 1.807) is 37.3 Å². The van der Waals surface area contributed by atoms with E-state index >= 15 is 0 Å². The first kappa shape index (κ1) is 22.5. The van der Waals surface area contributed by atoms with Crippen molar-refractivity contribution in [3.05, 3.63) is 83.4 Å². The third-order valence-electron chi connectivity index (χ3n) is 5.42. The molecule has 1 heterocycles. The number of nitrogens with zero attached hydrogens (tertiary/aromatic N) is 1. The van der Waals surface area contributed by atoms with Crippen LogP contribution in [0.5, 0.6) is 17.2 Å². The number of nitrogens with one attached hydrogen (secondary N) is 1. The summed E-state index contributed by atoms with van der Waals surface area (Å²) in [5, 5.41) is 2.93. The van der Waals surface area contributed by atoms with Gasteiger partial charge in [0.2, 0.25) is 0 Å². The van der Waals surface area contributed by atoms with Gasteiger partial charge in [-0.3, -0.25) is 0 Å². The van der Waals surface area contributed by atoms with Crippen molar-refractivity contribution in [2.75, 3.05) is 32.7 Å². The van der Waals surface area contributed by atoms with E-state index in [2.05, 4.69) is 5.32 Å². The zero-order valence-corrected chi connectivity index (χ0v) is 18.9. The van der Waals surface area contributed by atoms with Crippen molar-refractivity contribution in [3.63, 3.8) is 0 Å². The van der Waals surface area contributed by atoms with E-state index in [1.165, 1.54) is 0 Å². The molecule has 3 aromatic rings. The summed E-state index contributed by atoms with van der Waals surface area (Å²) in [6.45, 7) is 2.34. The predicted octanol–water partition coefficient (Wildman–Crippen LogP) is 4.85. The lowest BCUT2D eigenvalue weighted by molar-refractivity contribution is 0.107. The molecule has 7 heteroatoms. The maximum atomic E-state index is 13.0. The van der Waals surface area contributed by atoms with Gasteiger partial charge >= 0.3 is 6.03 Å². The van der Waals surface area contributed by atoms with E-state index in [4.69, 9.17) is 18.9 Å². The number of anilines is 1. The second kappa shape index (κ2) is 10.7. The zero-order valence-electron chi connectivity index (χ0n) is 18.9. The molecule has 1 aliphatic rings. The summed E-state index contributed by atoms with van der Waals surface area (Å²) < 4.78 is 22.4. The number of rotatable bonds is 7. The minimum absolute atomic E-state index is 0.233. The highest BCUT2D eigenvalue weighted by atomic mass is 16.5. The van der Waals surface area contributed by atoms with Crippen LogP contribution in [0.2, 0.25) is 0 Å². The standard InChI is InChI=1S/C26H28N2O5/c1-30-22-9-11-25(31-2)23(15-22)27-26(29)28-12-13-33-24-10-8-20(14-21(24)16-28)18-32-17-19-6-4-3-5-7-19/h3-11,14-15H,12-13,16-18H2,1-2H3,(H,27,29). The Hall–Kier alpha value is -3.71. The van der Waals surface area contributed by atoms with Crippen LogP contribution in [0, 0.1) is 0 Å². The highest BCUT2D eigenvalue weighted by molar-refractivity contribution is 5.91. The largest absolute Gasteiger partial charge is 0.497 e. The van der Waals surface area contributed by atoms with Gasteiger partial charge in [0.25, 0.3) is 0 Å². The topological polar surface area (TPSA) is 69.3 Å². The monoisotopic (exact) mass is 448 g/mol. The van der Waals surface area contributed by atoms with Crippen LogP contribution in [0.25, 0.3) is 0 Å². The summed E-state index contributed by atoms with van der Waals surface area (Å²) in [5.74, 6) is 1.99. The minimum atomic E-state index is -0.233. The Morgan fingerprint density at radius 3 is 2.58 bits per heavy atom. The number of amides is 2. The van der Waals surface area contributed by atoms with Crippen molar-refractivity contribution in [3.8, 4) is 17.2 Å². The molecule has 0 fully saturated rings. The Morgan fingerprint density at radius 2 is 1.79 bits per heavy atom. The number of hydrogen-bond donors (Lipinski definition) is 1. The van der Waals surface area contributed by atoms with Gasteiger partial charge in [0.15, 0.2) is 0 Å². The summed E-state index contributed by atoms with van der Waals surface area (Å²) in [7, 11) is 3.15. The van der Waals surface area contributed by atoms with Crippen molar-refractivity contribution in [2.24, 2.45) is 0 Å². The van der Waals surface area contributed by atoms with Crippen molar-refractivity contribution in [1.82, 2.24) is 4.90 Å². The summed E-state index contributed by atoms with van der Waals surface area (Å²) >= 11 is 0. The van der Waals surface area contributed by atoms with Gasteiger partial charge in [0, 0.05) is 11.6 Å². The van der Waals surface area contributed by atoms with Gasteiger partial charge in [-0.15, -0.1) is 0 Å². The van der Waals surface area contributed by atoms with Crippen molar-refractivity contribution >= 4 is 11.7 Å². The molecule has 0 radical (unpaired) electrons. The predicted molar refractivity (Wildman–Crippen MR) is 126 cm³/mol.